The van der Waals surface area contributed by atoms with Crippen molar-refractivity contribution in [3.8, 4) is 0 Å². The smallest absolute Gasteiger partial charge is 0.323 e. The van der Waals surface area contributed by atoms with Crippen molar-refractivity contribution in [2.75, 3.05) is 5.75 Å². The van der Waals surface area contributed by atoms with Crippen LogP contribution in [0.4, 0.5) is 0 Å². The molecule has 5 nitrogen and oxygen atoms in total. The fourth-order valence-electron chi connectivity index (χ4n) is 1.45. The summed E-state index contributed by atoms with van der Waals surface area (Å²) in [5, 5.41) is 7.39. The van der Waals surface area contributed by atoms with Gasteiger partial charge in [-0.05, 0) is 31.1 Å². The van der Waals surface area contributed by atoms with Crippen molar-refractivity contribution >= 4 is 32.3 Å². The van der Waals surface area contributed by atoms with Crippen molar-refractivity contribution in [1.29, 1.82) is 0 Å². The molecule has 18 heavy (non-hydrogen) atoms. The van der Waals surface area contributed by atoms with E-state index in [0.717, 1.165) is 24.2 Å². The molecule has 2 unspecified atom stereocenters. The van der Waals surface area contributed by atoms with E-state index in [4.69, 9.17) is 0 Å². The molecule has 0 aromatic carbocycles. The Hall–Kier alpha value is -0.180. The van der Waals surface area contributed by atoms with E-state index in [1.807, 2.05) is 13.8 Å². The van der Waals surface area contributed by atoms with Crippen LogP contribution in [0.5, 0.6) is 0 Å². The molecule has 0 N–H and O–H groups in total. The molecule has 0 saturated heterocycles. The molecule has 0 radical (unpaired) electrons. The van der Waals surface area contributed by atoms with Gasteiger partial charge in [0.15, 0.2) is 0 Å². The lowest BCUT2D eigenvalue weighted by Crippen LogP contribution is -2.17. The maximum Gasteiger partial charge on any atom is 0.323 e. The van der Waals surface area contributed by atoms with Gasteiger partial charge in [0, 0.05) is 11.2 Å². The third kappa shape index (κ3) is 3.91. The molecular formula is C10H18N2O3S3. The molecule has 0 amide bonds. The molecule has 2 atom stereocenters. The van der Waals surface area contributed by atoms with Gasteiger partial charge < -0.3 is 4.55 Å². The third-order valence-electron chi connectivity index (χ3n) is 2.36. The van der Waals surface area contributed by atoms with E-state index in [2.05, 4.69) is 10.2 Å². The van der Waals surface area contributed by atoms with E-state index >= 15 is 0 Å². The Kier molecular flexibility index (Phi) is 6.03. The largest absolute Gasteiger partial charge is 0.609 e. The Morgan fingerprint density at radius 3 is 2.56 bits per heavy atom. The minimum atomic E-state index is -3.35. The molecule has 0 aliphatic rings. The zero-order valence-corrected chi connectivity index (χ0v) is 13.2. The second-order valence-corrected chi connectivity index (χ2v) is 9.35. The summed E-state index contributed by atoms with van der Waals surface area (Å²) in [6.45, 7) is 5.69. The van der Waals surface area contributed by atoms with Crippen LogP contribution in [0.25, 0.3) is 0 Å². The molecule has 0 aliphatic heterocycles. The molecule has 0 aliphatic carbocycles. The van der Waals surface area contributed by atoms with Gasteiger partial charge >= 0.3 is 4.34 Å². The van der Waals surface area contributed by atoms with Crippen LogP contribution in [-0.2, 0) is 21.0 Å². The lowest BCUT2D eigenvalue weighted by atomic mass is 10.3. The monoisotopic (exact) mass is 310 g/mol. The summed E-state index contributed by atoms with van der Waals surface area (Å²) < 4.78 is 35.9. The zero-order chi connectivity index (χ0) is 13.8. The van der Waals surface area contributed by atoms with Gasteiger partial charge in [-0.3, -0.25) is 0 Å². The highest BCUT2D eigenvalue weighted by Crippen LogP contribution is 2.25. The van der Waals surface area contributed by atoms with E-state index < -0.39 is 21.0 Å². The van der Waals surface area contributed by atoms with Crippen LogP contribution in [-0.4, -0.2) is 34.2 Å². The first-order valence-electron chi connectivity index (χ1n) is 5.89. The lowest BCUT2D eigenvalue weighted by Gasteiger charge is -2.13. The van der Waals surface area contributed by atoms with Crippen molar-refractivity contribution in [3.63, 3.8) is 0 Å². The summed E-state index contributed by atoms with van der Waals surface area (Å²) >= 11 is -0.334. The van der Waals surface area contributed by atoms with Gasteiger partial charge in [0.25, 0.3) is 0 Å². The molecule has 8 heteroatoms. The van der Waals surface area contributed by atoms with Crippen molar-refractivity contribution in [2.24, 2.45) is 0 Å². The topological polar surface area (TPSA) is 83.0 Å². The normalized spacial score (nSPS) is 15.6. The number of hydrogen-bond donors (Lipinski definition) is 0. The maximum absolute atomic E-state index is 12.1. The third-order valence-corrected chi connectivity index (χ3v) is 7.58. The van der Waals surface area contributed by atoms with E-state index in [-0.39, 0.29) is 15.3 Å². The molecule has 1 heterocycles. The van der Waals surface area contributed by atoms with Crippen LogP contribution in [0.3, 0.4) is 0 Å². The highest BCUT2D eigenvalue weighted by molar-refractivity contribution is 7.96. The fraction of sp³-hybridized carbons (Fsp3) is 0.800. The summed E-state index contributed by atoms with van der Waals surface area (Å²) in [6, 6.07) is 0. The average Bonchev–Trinajstić information content (AvgIpc) is 2.78. The van der Waals surface area contributed by atoms with Crippen molar-refractivity contribution in [2.45, 2.75) is 54.0 Å². The molecule has 0 bridgehead atoms. The first-order chi connectivity index (χ1) is 8.42. The number of aromatic nitrogens is 2. The van der Waals surface area contributed by atoms with Gasteiger partial charge in [0.2, 0.25) is 14.2 Å². The second kappa shape index (κ2) is 6.83. The van der Waals surface area contributed by atoms with E-state index in [1.54, 1.807) is 6.92 Å². The van der Waals surface area contributed by atoms with Gasteiger partial charge in [-0.25, -0.2) is 8.42 Å². The zero-order valence-electron chi connectivity index (χ0n) is 10.7. The summed E-state index contributed by atoms with van der Waals surface area (Å²) in [5.74, 6) is 0.0543. The number of rotatable bonds is 7. The van der Waals surface area contributed by atoms with Crippen molar-refractivity contribution in [3.05, 3.63) is 0 Å². The second-order valence-electron chi connectivity index (χ2n) is 4.05. The molecule has 1 rings (SSSR count). The molecule has 1 aromatic rings. The SMILES string of the molecule is CCCC(C)[S+]([O-])c1nnc(S(=O)(=O)CCC)s1. The summed E-state index contributed by atoms with van der Waals surface area (Å²) in [7, 11) is -3.35. The minimum Gasteiger partial charge on any atom is -0.609 e. The Morgan fingerprint density at radius 1 is 1.33 bits per heavy atom. The molecule has 0 saturated carbocycles. The van der Waals surface area contributed by atoms with Crippen LogP contribution in [0.1, 0.15) is 40.0 Å². The van der Waals surface area contributed by atoms with Crippen LogP contribution < -0.4 is 0 Å². The number of sulfone groups is 1. The first kappa shape index (κ1) is 15.9. The average molecular weight is 310 g/mol. The summed E-state index contributed by atoms with van der Waals surface area (Å²) in [4.78, 5) is 0. The Balaban J connectivity index is 2.86. The van der Waals surface area contributed by atoms with E-state index in [1.165, 1.54) is 0 Å². The van der Waals surface area contributed by atoms with Crippen molar-refractivity contribution < 1.29 is 13.0 Å². The van der Waals surface area contributed by atoms with Gasteiger partial charge in [0.1, 0.15) is 5.25 Å². The first-order valence-corrected chi connectivity index (χ1v) is 9.57. The maximum atomic E-state index is 12.1. The highest BCUT2D eigenvalue weighted by atomic mass is 32.3. The standard InChI is InChI=1S/C10H18N2O3S3/c1-4-6-8(3)17(13)9-11-12-10(16-9)18(14,15)7-5-2/h8H,4-7H2,1-3H3. The Labute approximate surface area is 115 Å². The predicted octanol–water partition coefficient (Wildman–Crippen LogP) is 2.02. The predicted molar refractivity (Wildman–Crippen MR) is 73.0 cm³/mol. The summed E-state index contributed by atoms with van der Waals surface area (Å²) in [5.41, 5.74) is 0. The number of nitrogens with zero attached hydrogens (tertiary/aromatic N) is 2. The molecule has 0 spiro atoms. The van der Waals surface area contributed by atoms with Crippen LogP contribution in [0, 0.1) is 0 Å². The van der Waals surface area contributed by atoms with Gasteiger partial charge in [0.05, 0.1) is 5.75 Å². The summed E-state index contributed by atoms with van der Waals surface area (Å²) in [6.07, 6.45) is 2.29. The van der Waals surface area contributed by atoms with Gasteiger partial charge in [-0.2, -0.15) is 0 Å². The molecule has 104 valence electrons. The Morgan fingerprint density at radius 2 is 2.00 bits per heavy atom. The quantitative estimate of drug-likeness (QED) is 0.719. The van der Waals surface area contributed by atoms with Gasteiger partial charge in [-0.15, -0.1) is 5.10 Å². The molecule has 1 aromatic heterocycles. The van der Waals surface area contributed by atoms with Crippen LogP contribution in [0.15, 0.2) is 8.68 Å². The fourth-order valence-corrected chi connectivity index (χ4v) is 5.76. The Bertz CT molecular complexity index is 472. The van der Waals surface area contributed by atoms with Gasteiger partial charge in [-0.1, -0.05) is 25.4 Å². The van der Waals surface area contributed by atoms with E-state index in [0.29, 0.717) is 10.8 Å². The number of hydrogen-bond acceptors (Lipinski definition) is 6. The van der Waals surface area contributed by atoms with E-state index in [9.17, 15) is 13.0 Å². The van der Waals surface area contributed by atoms with Crippen molar-refractivity contribution in [1.82, 2.24) is 10.2 Å². The lowest BCUT2D eigenvalue weighted by molar-refractivity contribution is 0.572. The minimum absolute atomic E-state index is 0.0172. The highest BCUT2D eigenvalue weighted by Gasteiger charge is 2.27. The van der Waals surface area contributed by atoms with Crippen LogP contribution >= 0.6 is 11.3 Å². The molecule has 0 fully saturated rings. The van der Waals surface area contributed by atoms with Crippen LogP contribution in [0.2, 0.25) is 0 Å². The molecular weight excluding hydrogens is 292 g/mol.